The highest BCUT2D eigenvalue weighted by Crippen LogP contribution is 2.34. The molecule has 0 atom stereocenters. The number of amides is 4. The van der Waals surface area contributed by atoms with Gasteiger partial charge in [0.15, 0.2) is 6.61 Å². The average Bonchev–Trinajstić information content (AvgIpc) is 3.12. The van der Waals surface area contributed by atoms with Crippen molar-refractivity contribution in [2.24, 2.45) is 0 Å². The van der Waals surface area contributed by atoms with Gasteiger partial charge in [0.25, 0.3) is 17.1 Å². The fourth-order valence-corrected chi connectivity index (χ4v) is 4.26. The van der Waals surface area contributed by atoms with Gasteiger partial charge in [0.1, 0.15) is 18.1 Å². The van der Waals surface area contributed by atoms with Gasteiger partial charge in [-0.05, 0) is 48.2 Å². The van der Waals surface area contributed by atoms with Gasteiger partial charge in [-0.2, -0.15) is 0 Å². The lowest BCUT2D eigenvalue weighted by Gasteiger charge is -2.28. The van der Waals surface area contributed by atoms with Crippen LogP contribution >= 0.6 is 11.8 Å². The van der Waals surface area contributed by atoms with Crippen LogP contribution in [-0.2, 0) is 19.1 Å². The molecule has 4 amide bonds. The Bertz CT molecular complexity index is 1160. The number of morpholine rings is 1. The largest absolute Gasteiger partial charge is 0.483 e. The highest BCUT2D eigenvalue weighted by Gasteiger charge is 2.37. The molecule has 1 N–H and O–H groups in total. The van der Waals surface area contributed by atoms with Gasteiger partial charge < -0.3 is 19.7 Å². The Labute approximate surface area is 204 Å². The zero-order valence-corrected chi connectivity index (χ0v) is 19.4. The standard InChI is InChI=1S/C24H22FN3O6S/c25-17-5-7-18(8-6-17)26-21(29)15-34-19-4-2-1-3-16(19)13-20-23(31)28(24(32)35-20)14-22(30)27-9-11-33-12-10-27/h1-8,13H,9-12,14-15H2,(H,26,29)/b20-13+. The number of imide groups is 1. The molecule has 0 unspecified atom stereocenters. The second-order valence-electron chi connectivity index (χ2n) is 7.64. The SMILES string of the molecule is O=C(COc1ccccc1/C=C1/SC(=O)N(CC(=O)N2CCOCC2)C1=O)Nc1ccc(F)cc1. The first-order chi connectivity index (χ1) is 16.9. The van der Waals surface area contributed by atoms with Crippen LogP contribution in [0, 0.1) is 5.82 Å². The summed E-state index contributed by atoms with van der Waals surface area (Å²) in [4.78, 5) is 52.6. The minimum atomic E-state index is -0.564. The quantitative estimate of drug-likeness (QED) is 0.584. The number of rotatable bonds is 7. The molecule has 2 fully saturated rings. The lowest BCUT2D eigenvalue weighted by Crippen LogP contribution is -2.46. The van der Waals surface area contributed by atoms with Gasteiger partial charge in [0, 0.05) is 24.3 Å². The Hall–Kier alpha value is -3.70. The van der Waals surface area contributed by atoms with Crippen molar-refractivity contribution in [2.75, 3.05) is 44.8 Å². The van der Waals surface area contributed by atoms with E-state index in [1.807, 2.05) is 0 Å². The van der Waals surface area contributed by atoms with E-state index in [2.05, 4.69) is 5.32 Å². The molecule has 0 spiro atoms. The molecule has 35 heavy (non-hydrogen) atoms. The number of para-hydroxylation sites is 1. The molecule has 182 valence electrons. The lowest BCUT2D eigenvalue weighted by atomic mass is 10.2. The first-order valence-corrected chi connectivity index (χ1v) is 11.6. The number of hydrogen-bond donors (Lipinski definition) is 1. The van der Waals surface area contributed by atoms with Gasteiger partial charge in [0.2, 0.25) is 5.91 Å². The van der Waals surface area contributed by atoms with E-state index in [1.165, 1.54) is 30.3 Å². The number of anilines is 1. The van der Waals surface area contributed by atoms with Gasteiger partial charge in [0.05, 0.1) is 18.1 Å². The Morgan fingerprint density at radius 1 is 1.09 bits per heavy atom. The molecule has 2 aromatic rings. The predicted octanol–water partition coefficient (Wildman–Crippen LogP) is 2.74. The maximum atomic E-state index is 13.0. The van der Waals surface area contributed by atoms with Crippen molar-refractivity contribution in [3.05, 3.63) is 64.8 Å². The third kappa shape index (κ3) is 6.25. The smallest absolute Gasteiger partial charge is 0.294 e. The molecule has 0 saturated carbocycles. The predicted molar refractivity (Wildman–Crippen MR) is 127 cm³/mol. The molecule has 9 nitrogen and oxygen atoms in total. The van der Waals surface area contributed by atoms with E-state index >= 15 is 0 Å². The Balaban J connectivity index is 1.39. The van der Waals surface area contributed by atoms with E-state index < -0.39 is 22.9 Å². The van der Waals surface area contributed by atoms with Crippen LogP contribution in [0.25, 0.3) is 6.08 Å². The lowest BCUT2D eigenvalue weighted by molar-refractivity contribution is -0.139. The molecule has 2 aromatic carbocycles. The number of ether oxygens (including phenoxy) is 2. The summed E-state index contributed by atoms with van der Waals surface area (Å²) in [7, 11) is 0. The maximum Gasteiger partial charge on any atom is 0.294 e. The molecule has 2 saturated heterocycles. The van der Waals surface area contributed by atoms with Crippen molar-refractivity contribution in [1.29, 1.82) is 0 Å². The second kappa shape index (κ2) is 11.2. The summed E-state index contributed by atoms with van der Waals surface area (Å²) in [5.74, 6) is -1.41. The molecule has 0 aromatic heterocycles. The van der Waals surface area contributed by atoms with Gasteiger partial charge in [-0.25, -0.2) is 4.39 Å². The summed E-state index contributed by atoms with van der Waals surface area (Å²) < 4.78 is 23.8. The van der Waals surface area contributed by atoms with Gasteiger partial charge in [-0.15, -0.1) is 0 Å². The fourth-order valence-electron chi connectivity index (χ4n) is 3.43. The first-order valence-electron chi connectivity index (χ1n) is 10.8. The van der Waals surface area contributed by atoms with E-state index in [9.17, 15) is 23.6 Å². The molecular formula is C24H22FN3O6S. The van der Waals surface area contributed by atoms with Crippen LogP contribution in [0.3, 0.4) is 0 Å². The summed E-state index contributed by atoms with van der Waals surface area (Å²) in [5, 5.41) is 2.07. The van der Waals surface area contributed by atoms with E-state index in [4.69, 9.17) is 9.47 Å². The molecule has 4 rings (SSSR count). The normalized spacial score (nSPS) is 17.1. The number of carbonyl (C=O) groups is 4. The van der Waals surface area contributed by atoms with Crippen molar-refractivity contribution in [2.45, 2.75) is 0 Å². The van der Waals surface area contributed by atoms with Gasteiger partial charge in [-0.1, -0.05) is 18.2 Å². The molecular weight excluding hydrogens is 477 g/mol. The van der Waals surface area contributed by atoms with Crippen molar-refractivity contribution in [3.8, 4) is 5.75 Å². The molecule has 2 aliphatic rings. The summed E-state index contributed by atoms with van der Waals surface area (Å²) >= 11 is 0.739. The van der Waals surface area contributed by atoms with Crippen molar-refractivity contribution >= 4 is 46.5 Å². The summed E-state index contributed by atoms with van der Waals surface area (Å²) in [5.41, 5.74) is 0.917. The zero-order valence-electron chi connectivity index (χ0n) is 18.6. The first kappa shape index (κ1) is 24.4. The molecule has 0 bridgehead atoms. The fraction of sp³-hybridized carbons (Fsp3) is 0.250. The monoisotopic (exact) mass is 499 g/mol. The Morgan fingerprint density at radius 3 is 2.54 bits per heavy atom. The van der Waals surface area contributed by atoms with Crippen LogP contribution in [0.4, 0.5) is 14.9 Å². The van der Waals surface area contributed by atoms with E-state index in [0.29, 0.717) is 43.3 Å². The Kier molecular flexibility index (Phi) is 7.78. The topological polar surface area (TPSA) is 105 Å². The van der Waals surface area contributed by atoms with Crippen molar-refractivity contribution in [1.82, 2.24) is 9.80 Å². The highest BCUT2D eigenvalue weighted by atomic mass is 32.2. The minimum absolute atomic E-state index is 0.150. The number of hydrogen-bond acceptors (Lipinski definition) is 7. The van der Waals surface area contributed by atoms with Gasteiger partial charge >= 0.3 is 0 Å². The highest BCUT2D eigenvalue weighted by molar-refractivity contribution is 8.18. The molecule has 11 heteroatoms. The van der Waals surface area contributed by atoms with E-state index in [-0.39, 0.29) is 24.0 Å². The number of benzene rings is 2. The number of nitrogens with one attached hydrogen (secondary N) is 1. The minimum Gasteiger partial charge on any atom is -0.483 e. The summed E-state index contributed by atoms with van der Waals surface area (Å²) in [6.45, 7) is 1.04. The van der Waals surface area contributed by atoms with Gasteiger partial charge in [-0.3, -0.25) is 24.1 Å². The molecule has 0 aliphatic carbocycles. The summed E-state index contributed by atoms with van der Waals surface area (Å²) in [6, 6.07) is 12.1. The summed E-state index contributed by atoms with van der Waals surface area (Å²) in [6.07, 6.45) is 1.50. The number of thioether (sulfide) groups is 1. The molecule has 2 heterocycles. The number of nitrogens with zero attached hydrogens (tertiary/aromatic N) is 2. The third-order valence-electron chi connectivity index (χ3n) is 5.22. The van der Waals surface area contributed by atoms with E-state index in [1.54, 1.807) is 29.2 Å². The Morgan fingerprint density at radius 2 is 1.80 bits per heavy atom. The molecule has 2 aliphatic heterocycles. The maximum absolute atomic E-state index is 13.0. The molecule has 0 radical (unpaired) electrons. The van der Waals surface area contributed by atoms with Crippen LogP contribution in [0.1, 0.15) is 5.56 Å². The van der Waals surface area contributed by atoms with Crippen LogP contribution in [-0.4, -0.2) is 72.2 Å². The zero-order chi connectivity index (χ0) is 24.8. The third-order valence-corrected chi connectivity index (χ3v) is 6.13. The average molecular weight is 500 g/mol. The van der Waals surface area contributed by atoms with Crippen LogP contribution in [0.5, 0.6) is 5.75 Å². The van der Waals surface area contributed by atoms with Crippen LogP contribution in [0.15, 0.2) is 53.4 Å². The van der Waals surface area contributed by atoms with Crippen molar-refractivity contribution in [3.63, 3.8) is 0 Å². The number of carbonyl (C=O) groups excluding carboxylic acids is 4. The van der Waals surface area contributed by atoms with E-state index in [0.717, 1.165) is 16.7 Å². The van der Waals surface area contributed by atoms with Crippen molar-refractivity contribution < 1.29 is 33.0 Å². The van der Waals surface area contributed by atoms with Crippen LogP contribution < -0.4 is 10.1 Å². The second-order valence-corrected chi connectivity index (χ2v) is 8.64. The van der Waals surface area contributed by atoms with Crippen LogP contribution in [0.2, 0.25) is 0 Å². The number of halogens is 1.